The lowest BCUT2D eigenvalue weighted by Crippen LogP contribution is -2.63. The number of carbonyl (C=O) groups is 3. The van der Waals surface area contributed by atoms with Gasteiger partial charge in [0.2, 0.25) is 5.78 Å². The van der Waals surface area contributed by atoms with Crippen LogP contribution in [0.25, 0.3) is 0 Å². The average molecular weight is 407 g/mol. The minimum absolute atomic E-state index is 0.0555. The van der Waals surface area contributed by atoms with Crippen molar-refractivity contribution >= 4 is 17.5 Å². The molecule has 162 valence electrons. The van der Waals surface area contributed by atoms with Gasteiger partial charge in [-0.1, -0.05) is 13.8 Å². The van der Waals surface area contributed by atoms with Crippen molar-refractivity contribution in [2.24, 2.45) is 34.5 Å². The number of ketones is 2. The van der Waals surface area contributed by atoms with E-state index in [-0.39, 0.29) is 23.2 Å². The van der Waals surface area contributed by atoms with Crippen molar-refractivity contribution in [2.45, 2.75) is 83.8 Å². The van der Waals surface area contributed by atoms with Gasteiger partial charge in [0.05, 0.1) is 6.10 Å². The van der Waals surface area contributed by atoms with Gasteiger partial charge in [-0.25, -0.2) is 0 Å². The molecular weight excluding hydrogens is 372 g/mol. The van der Waals surface area contributed by atoms with Crippen molar-refractivity contribution in [3.63, 3.8) is 0 Å². The van der Waals surface area contributed by atoms with Crippen LogP contribution in [0.4, 0.5) is 0 Å². The van der Waals surface area contributed by atoms with E-state index in [1.54, 1.807) is 0 Å². The van der Waals surface area contributed by atoms with Crippen molar-refractivity contribution in [2.75, 3.05) is 6.61 Å². The Hall–Kier alpha value is -1.27. The quantitative estimate of drug-likeness (QED) is 0.698. The van der Waals surface area contributed by atoms with E-state index in [0.29, 0.717) is 37.4 Å². The summed E-state index contributed by atoms with van der Waals surface area (Å²) < 4.78 is 4.89. The Balaban J connectivity index is 1.63. The Morgan fingerprint density at radius 3 is 2.59 bits per heavy atom. The summed E-state index contributed by atoms with van der Waals surface area (Å²) in [5.41, 5.74) is -2.35. The van der Waals surface area contributed by atoms with E-state index in [1.807, 2.05) is 6.92 Å². The van der Waals surface area contributed by atoms with E-state index < -0.39 is 35.5 Å². The largest absolute Gasteiger partial charge is 0.458 e. The molecule has 0 radical (unpaired) electrons. The van der Waals surface area contributed by atoms with Crippen LogP contribution in [0.15, 0.2) is 0 Å². The number of hydrogen-bond acceptors (Lipinski definition) is 6. The molecule has 4 fully saturated rings. The molecule has 4 saturated carbocycles. The molecule has 0 spiro atoms. The first-order valence-corrected chi connectivity index (χ1v) is 11.1. The third kappa shape index (κ3) is 2.93. The fraction of sp³-hybridized carbons (Fsp3) is 0.870. The second kappa shape index (κ2) is 6.88. The maximum absolute atomic E-state index is 12.9. The summed E-state index contributed by atoms with van der Waals surface area (Å²) in [4.78, 5) is 36.1. The molecule has 0 bridgehead atoms. The molecule has 6 heteroatoms. The molecule has 8 atom stereocenters. The fourth-order valence-corrected chi connectivity index (χ4v) is 7.92. The molecule has 29 heavy (non-hydrogen) atoms. The number of aliphatic hydroxyl groups excluding tert-OH is 1. The van der Waals surface area contributed by atoms with E-state index in [0.717, 1.165) is 25.7 Å². The Morgan fingerprint density at radius 2 is 1.90 bits per heavy atom. The van der Waals surface area contributed by atoms with Crippen LogP contribution in [-0.2, 0) is 19.1 Å². The van der Waals surface area contributed by atoms with Gasteiger partial charge in [0.25, 0.3) is 0 Å². The summed E-state index contributed by atoms with van der Waals surface area (Å²) in [5.74, 6) is 0.182. The van der Waals surface area contributed by atoms with Crippen LogP contribution in [0.1, 0.15) is 72.1 Å². The summed E-state index contributed by atoms with van der Waals surface area (Å²) in [6.45, 7) is 5.02. The smallest absolute Gasteiger partial charge is 0.303 e. The van der Waals surface area contributed by atoms with Crippen LogP contribution in [0.3, 0.4) is 0 Å². The molecular formula is C23H34O6. The molecule has 4 aliphatic rings. The van der Waals surface area contributed by atoms with Crippen LogP contribution >= 0.6 is 0 Å². The first kappa shape index (κ1) is 21.0. The Kier molecular flexibility index (Phi) is 4.97. The molecule has 0 heterocycles. The van der Waals surface area contributed by atoms with Crippen molar-refractivity contribution < 1.29 is 29.3 Å². The number of Topliss-reactive ketones (excluding diaryl/α,β-unsaturated/α-hetero) is 2. The highest BCUT2D eigenvalue weighted by molar-refractivity contribution is 5.91. The van der Waals surface area contributed by atoms with Crippen molar-refractivity contribution in [1.29, 1.82) is 0 Å². The van der Waals surface area contributed by atoms with Crippen LogP contribution < -0.4 is 0 Å². The van der Waals surface area contributed by atoms with E-state index in [1.165, 1.54) is 6.92 Å². The van der Waals surface area contributed by atoms with Gasteiger partial charge in [0, 0.05) is 25.2 Å². The lowest BCUT2D eigenvalue weighted by atomic mass is 9.43. The maximum atomic E-state index is 12.9. The predicted octanol–water partition coefficient (Wildman–Crippen LogP) is 2.43. The van der Waals surface area contributed by atoms with Gasteiger partial charge in [0.15, 0.2) is 6.61 Å². The summed E-state index contributed by atoms with van der Waals surface area (Å²) in [7, 11) is 0. The highest BCUT2D eigenvalue weighted by Gasteiger charge is 2.68. The zero-order valence-electron chi connectivity index (χ0n) is 17.8. The van der Waals surface area contributed by atoms with Crippen molar-refractivity contribution in [3.05, 3.63) is 0 Å². The van der Waals surface area contributed by atoms with Gasteiger partial charge in [-0.3, -0.25) is 14.4 Å². The van der Waals surface area contributed by atoms with Crippen LogP contribution in [0, 0.1) is 34.5 Å². The van der Waals surface area contributed by atoms with Gasteiger partial charge < -0.3 is 14.9 Å². The number of ether oxygens (including phenoxy) is 1. The first-order chi connectivity index (χ1) is 13.5. The van der Waals surface area contributed by atoms with Gasteiger partial charge in [-0.2, -0.15) is 0 Å². The Labute approximate surface area is 172 Å². The van der Waals surface area contributed by atoms with Crippen molar-refractivity contribution in [1.82, 2.24) is 0 Å². The summed E-state index contributed by atoms with van der Waals surface area (Å²) in [6, 6.07) is 0. The van der Waals surface area contributed by atoms with E-state index in [9.17, 15) is 24.6 Å². The second-order valence-corrected chi connectivity index (χ2v) is 10.6. The third-order valence-electron chi connectivity index (χ3n) is 9.43. The molecule has 6 nitrogen and oxygen atoms in total. The highest BCUT2D eigenvalue weighted by Crippen LogP contribution is 2.68. The molecule has 4 aliphatic carbocycles. The molecule has 0 aromatic heterocycles. The number of rotatable bonds is 3. The van der Waals surface area contributed by atoms with Crippen LogP contribution in [0.5, 0.6) is 0 Å². The molecule has 0 unspecified atom stereocenters. The van der Waals surface area contributed by atoms with E-state index in [2.05, 4.69) is 6.92 Å². The van der Waals surface area contributed by atoms with E-state index >= 15 is 0 Å². The Morgan fingerprint density at radius 1 is 1.17 bits per heavy atom. The monoisotopic (exact) mass is 406 g/mol. The normalized spacial score (nSPS) is 49.0. The van der Waals surface area contributed by atoms with Gasteiger partial charge in [-0.05, 0) is 67.6 Å². The minimum Gasteiger partial charge on any atom is -0.458 e. The number of aliphatic hydroxyl groups is 2. The molecule has 4 rings (SSSR count). The van der Waals surface area contributed by atoms with Gasteiger partial charge >= 0.3 is 5.97 Å². The summed E-state index contributed by atoms with van der Waals surface area (Å²) in [6.07, 6.45) is 4.81. The highest BCUT2D eigenvalue weighted by atomic mass is 16.5. The SMILES string of the molecule is CC(=O)OCC(=O)[C@@]1(O)CC[C@@H]2[C@@H]3CC[C@H]4CC(=O)CC[C@]4(C)[C@@H]3[C@H](O)C[C@@]21C. The molecule has 0 aromatic rings. The van der Waals surface area contributed by atoms with Gasteiger partial charge in [0.1, 0.15) is 11.4 Å². The zero-order valence-corrected chi connectivity index (χ0v) is 17.8. The number of hydrogen-bond donors (Lipinski definition) is 2. The molecule has 2 N–H and O–H groups in total. The predicted molar refractivity (Wildman–Crippen MR) is 105 cm³/mol. The fourth-order valence-electron chi connectivity index (χ4n) is 7.92. The number of esters is 1. The van der Waals surface area contributed by atoms with Gasteiger partial charge in [-0.15, -0.1) is 0 Å². The van der Waals surface area contributed by atoms with E-state index in [4.69, 9.17) is 4.74 Å². The Bertz CT molecular complexity index is 733. The first-order valence-electron chi connectivity index (χ1n) is 11.1. The topological polar surface area (TPSA) is 101 Å². The standard InChI is InChI=1S/C23H34O6/c1-13(24)29-12-19(27)23(28)9-7-17-16-5-4-14-10-15(25)6-8-21(14,2)20(16)18(26)11-22(17,23)3/h14,16-18,20,26,28H,4-12H2,1-3H3/t14-,16-,17+,18+,20-,21-,22-,23-/m0/s1. The average Bonchev–Trinajstić information content (AvgIpc) is 2.91. The summed E-state index contributed by atoms with van der Waals surface area (Å²) in [5, 5.41) is 22.8. The zero-order chi connectivity index (χ0) is 21.2. The molecule has 0 aromatic carbocycles. The van der Waals surface area contributed by atoms with Crippen LogP contribution in [-0.4, -0.2) is 46.1 Å². The summed E-state index contributed by atoms with van der Waals surface area (Å²) >= 11 is 0. The molecule has 0 amide bonds. The molecule has 0 aliphatic heterocycles. The van der Waals surface area contributed by atoms with Crippen LogP contribution in [0.2, 0.25) is 0 Å². The minimum atomic E-state index is -1.57. The molecule has 0 saturated heterocycles. The number of carbonyl (C=O) groups excluding carboxylic acids is 3. The second-order valence-electron chi connectivity index (χ2n) is 10.6. The lowest BCUT2D eigenvalue weighted by Gasteiger charge is -2.62. The number of fused-ring (bicyclic) bond motifs is 5. The third-order valence-corrected chi connectivity index (χ3v) is 9.43. The lowest BCUT2D eigenvalue weighted by molar-refractivity contribution is -0.199. The van der Waals surface area contributed by atoms with Crippen molar-refractivity contribution in [3.8, 4) is 0 Å². The maximum Gasteiger partial charge on any atom is 0.303 e.